The fourth-order valence-electron chi connectivity index (χ4n) is 3.94. The molecule has 2 rings (SSSR count). The molecule has 41 heavy (non-hydrogen) atoms. The van der Waals surface area contributed by atoms with E-state index in [0.717, 1.165) is 24.9 Å². The van der Waals surface area contributed by atoms with Crippen molar-refractivity contribution in [3.8, 4) is 0 Å². The second-order valence-electron chi connectivity index (χ2n) is 9.56. The lowest BCUT2D eigenvalue weighted by atomic mass is 9.89. The lowest BCUT2D eigenvalue weighted by Crippen LogP contribution is -2.39. The van der Waals surface area contributed by atoms with Crippen LogP contribution in [0.3, 0.4) is 0 Å². The van der Waals surface area contributed by atoms with Crippen molar-refractivity contribution in [2.24, 2.45) is 22.6 Å². The highest BCUT2D eigenvalue weighted by molar-refractivity contribution is 9.09. The van der Waals surface area contributed by atoms with Crippen LogP contribution in [0.1, 0.15) is 85.0 Å². The van der Waals surface area contributed by atoms with Gasteiger partial charge >= 0.3 is 17.9 Å². The topological polar surface area (TPSA) is 141 Å². The Hall–Kier alpha value is -1.66. The summed E-state index contributed by atoms with van der Waals surface area (Å²) in [4.78, 5) is 34.1. The highest BCUT2D eigenvalue weighted by atomic mass is 79.9. The summed E-state index contributed by atoms with van der Waals surface area (Å²) in [5.41, 5.74) is 5.50. The number of nitrogens with zero attached hydrogens (tertiary/aromatic N) is 1. The molecule has 0 heterocycles. The third kappa shape index (κ3) is 34.4. The van der Waals surface area contributed by atoms with Gasteiger partial charge in [0.1, 0.15) is 19.8 Å². The number of aliphatic imine (C=N–C) groups is 1. The van der Waals surface area contributed by atoms with E-state index in [1.54, 1.807) is 0 Å². The first-order chi connectivity index (χ1) is 19.7. The van der Waals surface area contributed by atoms with Crippen molar-refractivity contribution in [3.63, 3.8) is 0 Å². The molecule has 13 heteroatoms. The Morgan fingerprint density at radius 3 is 1.73 bits per heavy atom. The molecule has 2 aliphatic carbocycles. The van der Waals surface area contributed by atoms with Gasteiger partial charge in [-0.2, -0.15) is 0 Å². The number of carbonyl (C=O) groups is 3. The SMILES string of the molecule is CC(=O)OCCBr.CC(=O)OCCN=C=S.CC(=O)OCCNC(=S)NCC1CCCCC1.NCC1CCCCC1. The summed E-state index contributed by atoms with van der Waals surface area (Å²) >= 11 is 12.5. The Labute approximate surface area is 265 Å². The number of carbonyl (C=O) groups excluding carboxylic acids is 3. The molecule has 10 nitrogen and oxygen atoms in total. The first kappa shape index (κ1) is 41.5. The zero-order valence-corrected chi connectivity index (χ0v) is 28.3. The van der Waals surface area contributed by atoms with Gasteiger partial charge in [0, 0.05) is 32.6 Å². The predicted octanol–water partition coefficient (Wildman–Crippen LogP) is 4.72. The van der Waals surface area contributed by atoms with Crippen LogP contribution in [0.5, 0.6) is 0 Å². The van der Waals surface area contributed by atoms with Gasteiger partial charge < -0.3 is 30.6 Å². The molecule has 0 aromatic rings. The normalized spacial score (nSPS) is 14.5. The fraction of sp³-hybridized carbons (Fsp3) is 0.821. The predicted molar refractivity (Wildman–Crippen MR) is 174 cm³/mol. The number of hydrogen-bond donors (Lipinski definition) is 3. The molecule has 0 aliphatic heterocycles. The molecular weight excluding hydrogens is 632 g/mol. The number of ether oxygens (including phenoxy) is 3. The van der Waals surface area contributed by atoms with Gasteiger partial charge in [-0.25, -0.2) is 4.99 Å². The molecule has 238 valence electrons. The van der Waals surface area contributed by atoms with Gasteiger partial charge in [-0.05, 0) is 68.5 Å². The van der Waals surface area contributed by atoms with E-state index in [9.17, 15) is 14.4 Å². The Bertz CT molecular complexity index is 743. The minimum atomic E-state index is -0.297. The zero-order valence-electron chi connectivity index (χ0n) is 25.1. The van der Waals surface area contributed by atoms with Gasteiger partial charge in [-0.15, -0.1) is 0 Å². The van der Waals surface area contributed by atoms with E-state index in [-0.39, 0.29) is 17.9 Å². The first-order valence-corrected chi connectivity index (χ1v) is 16.3. The molecule has 2 saturated carbocycles. The molecule has 0 radical (unpaired) electrons. The number of halogens is 1. The second kappa shape index (κ2) is 31.3. The zero-order chi connectivity index (χ0) is 31.1. The third-order valence-corrected chi connectivity index (χ3v) is 6.72. The minimum absolute atomic E-state index is 0.223. The monoisotopic (exact) mass is 682 g/mol. The first-order valence-electron chi connectivity index (χ1n) is 14.4. The van der Waals surface area contributed by atoms with E-state index in [1.165, 1.54) is 85.0 Å². The van der Waals surface area contributed by atoms with Crippen LogP contribution in [0.2, 0.25) is 0 Å². The van der Waals surface area contributed by atoms with E-state index in [2.05, 4.69) is 58.4 Å². The Morgan fingerprint density at radius 2 is 1.32 bits per heavy atom. The van der Waals surface area contributed by atoms with Crippen molar-refractivity contribution in [1.29, 1.82) is 0 Å². The van der Waals surface area contributed by atoms with Crippen molar-refractivity contribution in [1.82, 2.24) is 10.6 Å². The van der Waals surface area contributed by atoms with Crippen molar-refractivity contribution in [3.05, 3.63) is 0 Å². The highest BCUT2D eigenvalue weighted by Crippen LogP contribution is 2.23. The molecule has 2 aliphatic rings. The number of esters is 3. The Morgan fingerprint density at radius 1 is 0.829 bits per heavy atom. The number of isothiocyanates is 1. The highest BCUT2D eigenvalue weighted by Gasteiger charge is 2.13. The second-order valence-corrected chi connectivity index (χ2v) is 10.9. The smallest absolute Gasteiger partial charge is 0.302 e. The summed E-state index contributed by atoms with van der Waals surface area (Å²) in [6.07, 6.45) is 13.7. The minimum Gasteiger partial charge on any atom is -0.465 e. The van der Waals surface area contributed by atoms with Crippen LogP contribution < -0.4 is 16.4 Å². The summed E-state index contributed by atoms with van der Waals surface area (Å²) < 4.78 is 13.8. The maximum atomic E-state index is 10.5. The maximum Gasteiger partial charge on any atom is 0.302 e. The summed E-state index contributed by atoms with van der Waals surface area (Å²) in [5.74, 6) is 0.850. The van der Waals surface area contributed by atoms with E-state index < -0.39 is 0 Å². The fourth-order valence-corrected chi connectivity index (χ4v) is 4.37. The largest absolute Gasteiger partial charge is 0.465 e. The van der Waals surface area contributed by atoms with Crippen molar-refractivity contribution in [2.45, 2.75) is 85.0 Å². The standard InChI is InChI=1S/C12H22N2O2S.C7H15N.C5H7NO2S.C4H7BrO2/c1-10(15)16-8-7-13-12(17)14-9-11-5-3-2-4-6-11;8-6-7-4-2-1-3-5-7;1-5(7)8-3-2-6-4-9;1-4(6)7-3-2-5/h11H,2-9H2,1H3,(H2,13,14,17);7H,1-6,8H2;2-3H2,1H3;2-3H2,1H3. The number of rotatable bonds is 11. The van der Waals surface area contributed by atoms with Crippen LogP contribution in [0.15, 0.2) is 4.99 Å². The van der Waals surface area contributed by atoms with Gasteiger partial charge in [0.15, 0.2) is 5.11 Å². The van der Waals surface area contributed by atoms with Gasteiger partial charge in [-0.3, -0.25) is 14.4 Å². The van der Waals surface area contributed by atoms with Gasteiger partial charge in [0.25, 0.3) is 0 Å². The van der Waals surface area contributed by atoms with Gasteiger partial charge in [0.2, 0.25) is 0 Å². The van der Waals surface area contributed by atoms with Gasteiger partial charge in [0.05, 0.1) is 18.3 Å². The van der Waals surface area contributed by atoms with Crippen LogP contribution in [0.4, 0.5) is 0 Å². The summed E-state index contributed by atoms with van der Waals surface area (Å²) in [6, 6.07) is 0. The molecule has 4 N–H and O–H groups in total. The molecule has 0 atom stereocenters. The Kier molecular flexibility index (Phi) is 31.6. The van der Waals surface area contributed by atoms with Gasteiger partial charge in [-0.1, -0.05) is 54.5 Å². The number of alkyl halides is 1. The van der Waals surface area contributed by atoms with Crippen LogP contribution in [-0.2, 0) is 28.6 Å². The number of hydrogen-bond acceptors (Lipinski definition) is 10. The van der Waals surface area contributed by atoms with E-state index >= 15 is 0 Å². The van der Waals surface area contributed by atoms with Crippen molar-refractivity contribution in [2.75, 3.05) is 51.3 Å². The molecule has 0 bridgehead atoms. The quantitative estimate of drug-likeness (QED) is 0.0696. The summed E-state index contributed by atoms with van der Waals surface area (Å²) in [6.45, 7) is 8.11. The number of nitrogens with two attached hydrogens (primary N) is 1. The number of thiocarbonyl (C=S) groups is 2. The number of nitrogens with one attached hydrogen (secondary N) is 2. The van der Waals surface area contributed by atoms with Crippen LogP contribution >= 0.6 is 40.4 Å². The molecule has 0 saturated heterocycles. The molecule has 2 fully saturated rings. The molecule has 0 aromatic carbocycles. The van der Waals surface area contributed by atoms with E-state index in [0.29, 0.717) is 43.4 Å². The van der Waals surface area contributed by atoms with Crippen LogP contribution in [0.25, 0.3) is 0 Å². The summed E-state index contributed by atoms with van der Waals surface area (Å²) in [5, 5.41) is 9.77. The molecule has 0 unspecified atom stereocenters. The summed E-state index contributed by atoms with van der Waals surface area (Å²) in [7, 11) is 0. The Balaban J connectivity index is 0. The van der Waals surface area contributed by atoms with E-state index in [4.69, 9.17) is 22.7 Å². The third-order valence-electron chi connectivity index (χ3n) is 5.98. The molecular formula is C28H51BrN4O6S2. The lowest BCUT2D eigenvalue weighted by Gasteiger charge is -2.22. The van der Waals surface area contributed by atoms with Crippen molar-refractivity contribution < 1.29 is 28.6 Å². The molecule has 0 amide bonds. The van der Waals surface area contributed by atoms with Crippen LogP contribution in [0, 0.1) is 11.8 Å². The molecule has 0 spiro atoms. The maximum absolute atomic E-state index is 10.5. The van der Waals surface area contributed by atoms with E-state index in [1.807, 2.05) is 0 Å². The average molecular weight is 684 g/mol. The lowest BCUT2D eigenvalue weighted by molar-refractivity contribution is -0.141. The van der Waals surface area contributed by atoms with Crippen molar-refractivity contribution >= 4 is 68.5 Å². The van der Waals surface area contributed by atoms with Crippen LogP contribution in [-0.4, -0.2) is 79.5 Å². The molecule has 0 aromatic heterocycles. The average Bonchev–Trinajstić information content (AvgIpc) is 2.97.